The molecule has 2 aromatic rings. The number of nitrogens with zero attached hydrogens (tertiary/aromatic N) is 1. The molecule has 5 heteroatoms. The van der Waals surface area contributed by atoms with E-state index in [-0.39, 0.29) is 5.84 Å². The first-order chi connectivity index (χ1) is 9.16. The van der Waals surface area contributed by atoms with Crippen molar-refractivity contribution in [2.45, 2.75) is 6.92 Å². The van der Waals surface area contributed by atoms with E-state index in [2.05, 4.69) is 10.1 Å². The van der Waals surface area contributed by atoms with E-state index in [9.17, 15) is 4.79 Å². The number of hydrogen-bond acceptors (Lipinski definition) is 3. The van der Waals surface area contributed by atoms with Crippen LogP contribution in [0.2, 0.25) is 0 Å². The summed E-state index contributed by atoms with van der Waals surface area (Å²) in [5, 5.41) is 3.61. The van der Waals surface area contributed by atoms with E-state index in [1.807, 2.05) is 19.1 Å². The first-order valence-electron chi connectivity index (χ1n) is 5.75. The summed E-state index contributed by atoms with van der Waals surface area (Å²) in [7, 11) is 0. The van der Waals surface area contributed by atoms with Crippen molar-refractivity contribution in [3.8, 4) is 0 Å². The fraction of sp³-hybridized carbons (Fsp3) is 0.0714. The van der Waals surface area contributed by atoms with Crippen LogP contribution in [0.15, 0.2) is 53.8 Å². The van der Waals surface area contributed by atoms with E-state index in [1.165, 1.54) is 0 Å². The van der Waals surface area contributed by atoms with Crippen LogP contribution in [0.5, 0.6) is 0 Å². The van der Waals surface area contributed by atoms with Gasteiger partial charge in [0.1, 0.15) is 0 Å². The summed E-state index contributed by atoms with van der Waals surface area (Å²) in [4.78, 5) is 19.4. The van der Waals surface area contributed by atoms with Crippen LogP contribution in [0.1, 0.15) is 21.6 Å². The van der Waals surface area contributed by atoms with Gasteiger partial charge < -0.3 is 10.6 Å². The average molecular weight is 256 g/mol. The monoisotopic (exact) mass is 256 g/mol. The maximum absolute atomic E-state index is 11.7. The smallest absolute Gasteiger partial charge is 0.365 e. The molecule has 0 saturated heterocycles. The molecule has 0 bridgehead atoms. The Kier molecular flexibility index (Phi) is 3.87. The number of amidine groups is 1. The summed E-state index contributed by atoms with van der Waals surface area (Å²) in [5.74, 6) is -0.427. The van der Waals surface area contributed by atoms with Gasteiger partial charge in [0, 0.05) is 12.1 Å². The third-order valence-electron chi connectivity index (χ3n) is 2.47. The van der Waals surface area contributed by atoms with Crippen LogP contribution in [-0.4, -0.2) is 11.8 Å². The minimum Gasteiger partial charge on any atom is -0.375 e. The molecule has 1 aromatic heterocycles. The first-order valence-corrected chi connectivity index (χ1v) is 5.75. The molecule has 2 rings (SSSR count). The van der Waals surface area contributed by atoms with E-state index in [4.69, 9.17) is 10.6 Å². The lowest BCUT2D eigenvalue weighted by Crippen LogP contribution is -2.24. The molecule has 0 spiro atoms. The summed E-state index contributed by atoms with van der Waals surface area (Å²) >= 11 is 0. The SMILES string of the molecule is Cc1cccc(C(=O)ON=C(N)c2cccc[nH+]2)c1. The molecular weight excluding hydrogens is 242 g/mol. The quantitative estimate of drug-likeness (QED) is 0.389. The van der Waals surface area contributed by atoms with Crippen LogP contribution in [0, 0.1) is 6.92 Å². The highest BCUT2D eigenvalue weighted by Gasteiger charge is 2.10. The average Bonchev–Trinajstić information content (AvgIpc) is 2.45. The Labute approximate surface area is 110 Å². The predicted molar refractivity (Wildman–Crippen MR) is 70.3 cm³/mol. The van der Waals surface area contributed by atoms with Gasteiger partial charge in [-0.3, -0.25) is 0 Å². The third-order valence-corrected chi connectivity index (χ3v) is 2.47. The molecule has 0 aliphatic heterocycles. The zero-order valence-electron chi connectivity index (χ0n) is 10.5. The zero-order chi connectivity index (χ0) is 13.7. The van der Waals surface area contributed by atoms with E-state index >= 15 is 0 Å². The number of aryl methyl sites for hydroxylation is 1. The predicted octanol–water partition coefficient (Wildman–Crippen LogP) is 1.29. The fourth-order valence-corrected chi connectivity index (χ4v) is 1.52. The van der Waals surface area contributed by atoms with Gasteiger partial charge in [-0.05, 0) is 25.1 Å². The summed E-state index contributed by atoms with van der Waals surface area (Å²) < 4.78 is 0. The largest absolute Gasteiger partial charge is 0.375 e. The van der Waals surface area contributed by atoms with Crippen LogP contribution in [0.4, 0.5) is 0 Å². The number of H-pyrrole nitrogens is 1. The number of benzene rings is 1. The molecular formula is C14H14N3O2+. The van der Waals surface area contributed by atoms with E-state index in [1.54, 1.807) is 36.5 Å². The van der Waals surface area contributed by atoms with Crippen molar-refractivity contribution in [3.63, 3.8) is 0 Å². The fourth-order valence-electron chi connectivity index (χ4n) is 1.52. The molecule has 1 heterocycles. The number of carbonyl (C=O) groups is 1. The molecule has 19 heavy (non-hydrogen) atoms. The Morgan fingerprint density at radius 1 is 1.26 bits per heavy atom. The van der Waals surface area contributed by atoms with Gasteiger partial charge in [0.05, 0.1) is 5.56 Å². The number of aromatic nitrogens is 1. The Hall–Kier alpha value is -2.69. The highest BCUT2D eigenvalue weighted by Crippen LogP contribution is 2.05. The second-order valence-corrected chi connectivity index (χ2v) is 4.00. The van der Waals surface area contributed by atoms with Crippen molar-refractivity contribution >= 4 is 11.8 Å². The van der Waals surface area contributed by atoms with Gasteiger partial charge >= 0.3 is 5.97 Å². The maximum Gasteiger partial charge on any atom is 0.365 e. The Morgan fingerprint density at radius 2 is 2.11 bits per heavy atom. The van der Waals surface area contributed by atoms with Crippen LogP contribution in [0.3, 0.4) is 0 Å². The van der Waals surface area contributed by atoms with Gasteiger partial charge in [-0.15, -0.1) is 0 Å². The number of pyridine rings is 1. The highest BCUT2D eigenvalue weighted by molar-refractivity contribution is 5.95. The van der Waals surface area contributed by atoms with E-state index in [0.717, 1.165) is 5.56 Å². The number of oxime groups is 1. The van der Waals surface area contributed by atoms with Crippen LogP contribution < -0.4 is 10.7 Å². The molecule has 1 aromatic carbocycles. The Morgan fingerprint density at radius 3 is 2.79 bits per heavy atom. The van der Waals surface area contributed by atoms with Crippen molar-refractivity contribution in [1.29, 1.82) is 0 Å². The number of rotatable bonds is 3. The second-order valence-electron chi connectivity index (χ2n) is 4.00. The third kappa shape index (κ3) is 3.38. The number of hydrogen-bond donors (Lipinski definition) is 1. The zero-order valence-corrected chi connectivity index (χ0v) is 10.5. The van der Waals surface area contributed by atoms with Gasteiger partial charge in [-0.2, -0.15) is 0 Å². The lowest BCUT2D eigenvalue weighted by atomic mass is 10.1. The van der Waals surface area contributed by atoms with Gasteiger partial charge in [0.15, 0.2) is 6.20 Å². The van der Waals surface area contributed by atoms with Crippen molar-refractivity contribution < 1.29 is 14.6 Å². The Bertz CT molecular complexity index is 609. The van der Waals surface area contributed by atoms with Crippen molar-refractivity contribution in [2.75, 3.05) is 0 Å². The number of carbonyl (C=O) groups excluding carboxylic acids is 1. The molecule has 3 N–H and O–H groups in total. The molecule has 0 aliphatic carbocycles. The highest BCUT2D eigenvalue weighted by atomic mass is 16.7. The van der Waals surface area contributed by atoms with Crippen LogP contribution >= 0.6 is 0 Å². The molecule has 0 aliphatic rings. The van der Waals surface area contributed by atoms with E-state index in [0.29, 0.717) is 11.3 Å². The minimum absolute atomic E-state index is 0.113. The standard InChI is InChI=1S/C14H13N3O2/c1-10-5-4-6-11(9-10)14(18)19-17-13(15)12-7-2-3-8-16-12/h2-9H,1H3,(H2,15,17)/p+1. The van der Waals surface area contributed by atoms with Crippen molar-refractivity contribution in [1.82, 2.24) is 0 Å². The van der Waals surface area contributed by atoms with Crippen LogP contribution in [0.25, 0.3) is 0 Å². The summed E-state index contributed by atoms with van der Waals surface area (Å²) in [6, 6.07) is 12.4. The van der Waals surface area contributed by atoms with Gasteiger partial charge in [0.2, 0.25) is 11.5 Å². The first kappa shape index (κ1) is 12.8. The van der Waals surface area contributed by atoms with Crippen molar-refractivity contribution in [2.24, 2.45) is 10.9 Å². The maximum atomic E-state index is 11.7. The van der Waals surface area contributed by atoms with Gasteiger partial charge in [-0.25, -0.2) is 9.78 Å². The second kappa shape index (κ2) is 5.77. The topological polar surface area (TPSA) is 78.8 Å². The summed E-state index contributed by atoms with van der Waals surface area (Å²) in [6.07, 6.45) is 1.71. The van der Waals surface area contributed by atoms with Crippen LogP contribution in [-0.2, 0) is 4.84 Å². The number of nitrogens with two attached hydrogens (primary N) is 1. The van der Waals surface area contributed by atoms with Gasteiger partial charge in [0.25, 0.3) is 0 Å². The number of aromatic amines is 1. The van der Waals surface area contributed by atoms with E-state index < -0.39 is 5.97 Å². The molecule has 0 saturated carbocycles. The lowest BCUT2D eigenvalue weighted by Gasteiger charge is -1.99. The summed E-state index contributed by atoms with van der Waals surface area (Å²) in [5.41, 5.74) is 7.69. The number of nitrogens with one attached hydrogen (secondary N) is 1. The molecule has 0 amide bonds. The lowest BCUT2D eigenvalue weighted by molar-refractivity contribution is -0.380. The molecule has 0 unspecified atom stereocenters. The Balaban J connectivity index is 2.08. The normalized spacial score (nSPS) is 11.1. The molecule has 0 radical (unpaired) electrons. The van der Waals surface area contributed by atoms with Gasteiger partial charge in [-0.1, -0.05) is 22.9 Å². The molecule has 0 fully saturated rings. The molecule has 5 nitrogen and oxygen atoms in total. The molecule has 0 atom stereocenters. The van der Waals surface area contributed by atoms with Crippen molar-refractivity contribution in [3.05, 3.63) is 65.5 Å². The summed E-state index contributed by atoms with van der Waals surface area (Å²) in [6.45, 7) is 1.90. The minimum atomic E-state index is -0.539. The molecule has 96 valence electrons.